The normalized spacial score (nSPS) is 18.1. The molecule has 1 aliphatic heterocycles. The molecular weight excluding hydrogens is 452 g/mol. The molecule has 4 aromatic rings. The number of hydrogen-bond donors (Lipinski definition) is 1. The van der Waals surface area contributed by atoms with Gasteiger partial charge in [0.25, 0.3) is 11.9 Å². The molecule has 1 saturated heterocycles. The SMILES string of the molecule is Cc1cc(F)cc(-c2ncccn2)c1C(=O)N1CCCC(C)C1CNc1nc2ccc(F)cc2o1. The van der Waals surface area contributed by atoms with Gasteiger partial charge in [-0.2, -0.15) is 4.98 Å². The number of likely N-dealkylation sites (tertiary alicyclic amines) is 1. The first-order valence-corrected chi connectivity index (χ1v) is 11.6. The van der Waals surface area contributed by atoms with Gasteiger partial charge in [0.2, 0.25) is 0 Å². The summed E-state index contributed by atoms with van der Waals surface area (Å²) in [7, 11) is 0. The average molecular weight is 478 g/mol. The Morgan fingerprint density at radius 3 is 2.77 bits per heavy atom. The number of nitrogens with zero attached hydrogens (tertiary/aromatic N) is 4. The summed E-state index contributed by atoms with van der Waals surface area (Å²) in [6, 6.07) is 8.64. The Kier molecular flexibility index (Phi) is 6.15. The Morgan fingerprint density at radius 1 is 1.17 bits per heavy atom. The van der Waals surface area contributed by atoms with Crippen molar-refractivity contribution in [2.75, 3.05) is 18.4 Å². The van der Waals surface area contributed by atoms with Gasteiger partial charge in [0.15, 0.2) is 11.4 Å². The number of amides is 1. The molecule has 2 aromatic heterocycles. The molecule has 2 unspecified atom stereocenters. The monoisotopic (exact) mass is 477 g/mol. The van der Waals surface area contributed by atoms with Crippen LogP contribution in [-0.2, 0) is 0 Å². The number of aromatic nitrogens is 3. The summed E-state index contributed by atoms with van der Waals surface area (Å²) < 4.78 is 33.5. The molecule has 2 aromatic carbocycles. The molecule has 0 bridgehead atoms. The summed E-state index contributed by atoms with van der Waals surface area (Å²) in [5, 5.41) is 3.18. The number of aryl methyl sites for hydroxylation is 1. The molecule has 35 heavy (non-hydrogen) atoms. The number of benzene rings is 2. The minimum absolute atomic E-state index is 0.156. The van der Waals surface area contributed by atoms with Gasteiger partial charge in [0, 0.05) is 37.1 Å². The Morgan fingerprint density at radius 2 is 1.97 bits per heavy atom. The van der Waals surface area contributed by atoms with Gasteiger partial charge >= 0.3 is 0 Å². The Labute approximate surface area is 201 Å². The molecule has 1 aliphatic rings. The fraction of sp³-hybridized carbons (Fsp3) is 0.308. The summed E-state index contributed by atoms with van der Waals surface area (Å²) in [6.07, 6.45) is 4.96. The summed E-state index contributed by atoms with van der Waals surface area (Å²) in [6.45, 7) is 4.80. The highest BCUT2D eigenvalue weighted by molar-refractivity contribution is 6.01. The number of piperidine rings is 1. The van der Waals surface area contributed by atoms with Crippen molar-refractivity contribution in [1.82, 2.24) is 19.9 Å². The molecule has 0 spiro atoms. The number of oxazole rings is 1. The quantitative estimate of drug-likeness (QED) is 0.424. The van der Waals surface area contributed by atoms with Crippen molar-refractivity contribution in [3.05, 3.63) is 71.6 Å². The van der Waals surface area contributed by atoms with E-state index in [0.717, 1.165) is 12.8 Å². The van der Waals surface area contributed by atoms with Gasteiger partial charge < -0.3 is 14.6 Å². The van der Waals surface area contributed by atoms with Crippen LogP contribution < -0.4 is 5.32 Å². The van der Waals surface area contributed by atoms with Gasteiger partial charge in [-0.05, 0) is 61.6 Å². The van der Waals surface area contributed by atoms with Crippen LogP contribution >= 0.6 is 0 Å². The highest BCUT2D eigenvalue weighted by atomic mass is 19.1. The van der Waals surface area contributed by atoms with E-state index in [9.17, 15) is 13.6 Å². The maximum absolute atomic E-state index is 14.3. The van der Waals surface area contributed by atoms with Crippen molar-refractivity contribution >= 4 is 23.0 Å². The topological polar surface area (TPSA) is 84.2 Å². The molecule has 0 aliphatic carbocycles. The molecule has 3 heterocycles. The van der Waals surface area contributed by atoms with E-state index in [1.165, 1.54) is 24.3 Å². The zero-order valence-corrected chi connectivity index (χ0v) is 19.5. The zero-order chi connectivity index (χ0) is 24.5. The highest BCUT2D eigenvalue weighted by Gasteiger charge is 2.34. The number of halogens is 2. The van der Waals surface area contributed by atoms with E-state index < -0.39 is 11.6 Å². The second-order valence-electron chi connectivity index (χ2n) is 8.92. The molecule has 1 fully saturated rings. The van der Waals surface area contributed by atoms with E-state index in [4.69, 9.17) is 4.42 Å². The standard InChI is InChI=1S/C26H25F2N5O2/c1-15-5-3-10-33(21(15)14-31-26-32-20-7-6-17(27)13-22(20)35-26)25(34)23-16(2)11-18(28)12-19(23)24-29-8-4-9-30-24/h4,6-9,11-13,15,21H,3,5,10,14H2,1-2H3,(H,31,32). The van der Waals surface area contributed by atoms with E-state index in [-0.39, 0.29) is 23.9 Å². The molecular formula is C26H25F2N5O2. The molecule has 5 rings (SSSR count). The highest BCUT2D eigenvalue weighted by Crippen LogP contribution is 2.31. The smallest absolute Gasteiger partial charge is 0.295 e. The van der Waals surface area contributed by atoms with Crippen LogP contribution in [0.5, 0.6) is 0 Å². The predicted molar refractivity (Wildman–Crippen MR) is 128 cm³/mol. The van der Waals surface area contributed by atoms with E-state index >= 15 is 0 Å². The van der Waals surface area contributed by atoms with Gasteiger partial charge in [0.05, 0.1) is 11.6 Å². The second-order valence-corrected chi connectivity index (χ2v) is 8.92. The lowest BCUT2D eigenvalue weighted by atomic mass is 9.89. The minimum Gasteiger partial charge on any atom is -0.423 e. The summed E-state index contributed by atoms with van der Waals surface area (Å²) in [4.78, 5) is 28.6. The number of anilines is 1. The van der Waals surface area contributed by atoms with Crippen molar-refractivity contribution in [3.63, 3.8) is 0 Å². The van der Waals surface area contributed by atoms with Crippen molar-refractivity contribution < 1.29 is 18.0 Å². The molecule has 0 radical (unpaired) electrons. The zero-order valence-electron chi connectivity index (χ0n) is 19.5. The summed E-state index contributed by atoms with van der Waals surface area (Å²) in [5.74, 6) is -0.524. The summed E-state index contributed by atoms with van der Waals surface area (Å²) in [5.41, 5.74) is 2.20. The van der Waals surface area contributed by atoms with Crippen molar-refractivity contribution in [2.24, 2.45) is 5.92 Å². The molecule has 7 nitrogen and oxygen atoms in total. The van der Waals surface area contributed by atoms with Crippen molar-refractivity contribution in [1.29, 1.82) is 0 Å². The number of carbonyl (C=O) groups is 1. The van der Waals surface area contributed by atoms with Gasteiger partial charge in [-0.1, -0.05) is 6.92 Å². The van der Waals surface area contributed by atoms with E-state index in [1.807, 2.05) is 4.90 Å². The third kappa shape index (κ3) is 4.58. The van der Waals surface area contributed by atoms with Gasteiger partial charge in [-0.3, -0.25) is 4.79 Å². The largest absolute Gasteiger partial charge is 0.423 e. The van der Waals surface area contributed by atoms with Gasteiger partial charge in [-0.25, -0.2) is 18.7 Å². The van der Waals surface area contributed by atoms with Crippen LogP contribution in [0, 0.1) is 24.5 Å². The van der Waals surface area contributed by atoms with Crippen LogP contribution in [0.3, 0.4) is 0 Å². The molecule has 2 atom stereocenters. The van der Waals surface area contributed by atoms with Crippen LogP contribution in [-0.4, -0.2) is 44.9 Å². The Bertz CT molecular complexity index is 1380. The first-order valence-electron chi connectivity index (χ1n) is 11.6. The molecule has 1 N–H and O–H groups in total. The Hall–Kier alpha value is -3.88. The number of nitrogens with one attached hydrogen (secondary N) is 1. The van der Waals surface area contributed by atoms with Crippen molar-refractivity contribution in [3.8, 4) is 11.4 Å². The second kappa shape index (κ2) is 9.40. The Balaban J connectivity index is 1.44. The minimum atomic E-state index is -0.445. The number of hydrogen-bond acceptors (Lipinski definition) is 6. The van der Waals surface area contributed by atoms with Gasteiger partial charge in [-0.15, -0.1) is 0 Å². The lowest BCUT2D eigenvalue weighted by Crippen LogP contribution is -2.51. The lowest BCUT2D eigenvalue weighted by Gasteiger charge is -2.40. The number of rotatable bonds is 5. The predicted octanol–water partition coefficient (Wildman–Crippen LogP) is 5.22. The van der Waals surface area contributed by atoms with Gasteiger partial charge in [0.1, 0.15) is 17.2 Å². The van der Waals surface area contributed by atoms with Crippen LogP contribution in [0.25, 0.3) is 22.5 Å². The molecule has 0 saturated carbocycles. The third-order valence-corrected chi connectivity index (χ3v) is 6.51. The molecule has 1 amide bonds. The van der Waals surface area contributed by atoms with Crippen LogP contribution in [0.4, 0.5) is 14.8 Å². The third-order valence-electron chi connectivity index (χ3n) is 6.51. The maximum atomic E-state index is 14.3. The van der Waals surface area contributed by atoms with Crippen LogP contribution in [0.1, 0.15) is 35.7 Å². The first kappa shape index (κ1) is 22.9. The van der Waals surface area contributed by atoms with Crippen molar-refractivity contribution in [2.45, 2.75) is 32.7 Å². The van der Waals surface area contributed by atoms with Crippen LogP contribution in [0.2, 0.25) is 0 Å². The maximum Gasteiger partial charge on any atom is 0.295 e. The van der Waals surface area contributed by atoms with E-state index in [2.05, 4.69) is 27.2 Å². The van der Waals surface area contributed by atoms with E-state index in [0.29, 0.717) is 46.7 Å². The fourth-order valence-electron chi connectivity index (χ4n) is 4.76. The lowest BCUT2D eigenvalue weighted by molar-refractivity contribution is 0.0539. The number of carbonyl (C=O) groups excluding carboxylic acids is 1. The first-order chi connectivity index (χ1) is 16.9. The molecule has 9 heteroatoms. The summed E-state index contributed by atoms with van der Waals surface area (Å²) >= 11 is 0. The van der Waals surface area contributed by atoms with Crippen LogP contribution in [0.15, 0.2) is 53.2 Å². The fourth-order valence-corrected chi connectivity index (χ4v) is 4.76. The van der Waals surface area contributed by atoms with E-state index in [1.54, 1.807) is 31.5 Å². The molecule has 180 valence electrons. The average Bonchev–Trinajstić information content (AvgIpc) is 3.25. The number of fused-ring (bicyclic) bond motifs is 1.